The summed E-state index contributed by atoms with van der Waals surface area (Å²) in [5.41, 5.74) is 8.12. The summed E-state index contributed by atoms with van der Waals surface area (Å²) in [6.45, 7) is 2.77. The van der Waals surface area contributed by atoms with E-state index < -0.39 is 0 Å². The van der Waals surface area contributed by atoms with E-state index in [-0.39, 0.29) is 5.60 Å². The van der Waals surface area contributed by atoms with Crippen LogP contribution in [0.15, 0.2) is 29.3 Å². The zero-order chi connectivity index (χ0) is 13.7. The second kappa shape index (κ2) is 6.06. The van der Waals surface area contributed by atoms with E-state index >= 15 is 0 Å². The number of aliphatic imine (C=N–C) groups is 1. The molecule has 1 aromatic carbocycles. The zero-order valence-electron chi connectivity index (χ0n) is 11.8. The Balaban J connectivity index is 1.94. The summed E-state index contributed by atoms with van der Waals surface area (Å²) >= 11 is 0. The molecule has 0 bridgehead atoms. The fourth-order valence-corrected chi connectivity index (χ4v) is 2.28. The summed E-state index contributed by atoms with van der Waals surface area (Å²) in [5, 5.41) is 3.13. The molecule has 2 rings (SSSR count). The SMILES string of the molecule is CCc1cccc(NC(N)=NCC2(OC)CCC2)c1. The van der Waals surface area contributed by atoms with Crippen LogP contribution in [0.4, 0.5) is 5.69 Å². The van der Waals surface area contributed by atoms with Gasteiger partial charge in [-0.15, -0.1) is 0 Å². The van der Waals surface area contributed by atoms with E-state index in [1.165, 1.54) is 12.0 Å². The Morgan fingerprint density at radius 2 is 2.26 bits per heavy atom. The molecule has 0 aliphatic heterocycles. The van der Waals surface area contributed by atoms with Gasteiger partial charge in [0.1, 0.15) is 0 Å². The number of nitrogens with two attached hydrogens (primary N) is 1. The van der Waals surface area contributed by atoms with E-state index in [1.807, 2.05) is 12.1 Å². The van der Waals surface area contributed by atoms with Crippen LogP contribution in [0.1, 0.15) is 31.7 Å². The van der Waals surface area contributed by atoms with E-state index in [2.05, 4.69) is 29.4 Å². The number of hydrogen-bond acceptors (Lipinski definition) is 2. The Morgan fingerprint density at radius 1 is 1.47 bits per heavy atom. The van der Waals surface area contributed by atoms with E-state index in [0.29, 0.717) is 12.5 Å². The number of ether oxygens (including phenoxy) is 1. The van der Waals surface area contributed by atoms with Crippen molar-refractivity contribution in [2.45, 2.75) is 38.2 Å². The molecule has 1 fully saturated rings. The molecule has 4 nitrogen and oxygen atoms in total. The van der Waals surface area contributed by atoms with Crippen molar-refractivity contribution in [3.05, 3.63) is 29.8 Å². The van der Waals surface area contributed by atoms with Gasteiger partial charge >= 0.3 is 0 Å². The highest BCUT2D eigenvalue weighted by atomic mass is 16.5. The topological polar surface area (TPSA) is 59.6 Å². The Kier molecular flexibility index (Phi) is 4.43. The lowest BCUT2D eigenvalue weighted by Crippen LogP contribution is -2.43. The summed E-state index contributed by atoms with van der Waals surface area (Å²) in [6, 6.07) is 8.22. The fraction of sp³-hybridized carbons (Fsp3) is 0.533. The van der Waals surface area contributed by atoms with Crippen LogP contribution in [0.25, 0.3) is 0 Å². The average molecular weight is 261 g/mol. The third-order valence-electron chi connectivity index (χ3n) is 3.84. The largest absolute Gasteiger partial charge is 0.376 e. The van der Waals surface area contributed by atoms with E-state index in [9.17, 15) is 0 Å². The van der Waals surface area contributed by atoms with Crippen LogP contribution < -0.4 is 11.1 Å². The lowest BCUT2D eigenvalue weighted by atomic mass is 9.80. The van der Waals surface area contributed by atoms with Crippen LogP contribution in [0, 0.1) is 0 Å². The number of hydrogen-bond donors (Lipinski definition) is 2. The standard InChI is InChI=1S/C15H23N3O/c1-3-12-6-4-7-13(10-12)18-14(16)17-11-15(19-2)8-5-9-15/h4,6-7,10H,3,5,8-9,11H2,1-2H3,(H3,16,17,18). The first kappa shape index (κ1) is 13.9. The molecule has 19 heavy (non-hydrogen) atoms. The molecule has 1 saturated carbocycles. The number of nitrogens with zero attached hydrogens (tertiary/aromatic N) is 1. The third-order valence-corrected chi connectivity index (χ3v) is 3.84. The molecule has 1 aliphatic carbocycles. The predicted octanol–water partition coefficient (Wildman–Crippen LogP) is 2.54. The van der Waals surface area contributed by atoms with Crippen molar-refractivity contribution >= 4 is 11.6 Å². The second-order valence-corrected chi connectivity index (χ2v) is 5.12. The van der Waals surface area contributed by atoms with Gasteiger partial charge in [-0.1, -0.05) is 19.1 Å². The molecule has 0 aromatic heterocycles. The van der Waals surface area contributed by atoms with Crippen LogP contribution in [0.2, 0.25) is 0 Å². The fourth-order valence-electron chi connectivity index (χ4n) is 2.28. The Labute approximate surface area is 115 Å². The molecule has 104 valence electrons. The highest BCUT2D eigenvalue weighted by Crippen LogP contribution is 2.35. The molecule has 0 unspecified atom stereocenters. The van der Waals surface area contributed by atoms with E-state index in [1.54, 1.807) is 7.11 Å². The minimum Gasteiger partial charge on any atom is -0.376 e. The first-order valence-electron chi connectivity index (χ1n) is 6.88. The van der Waals surface area contributed by atoms with Gasteiger partial charge in [0.15, 0.2) is 5.96 Å². The predicted molar refractivity (Wildman–Crippen MR) is 79.5 cm³/mol. The highest BCUT2D eigenvalue weighted by molar-refractivity contribution is 5.92. The molecule has 4 heteroatoms. The smallest absolute Gasteiger partial charge is 0.193 e. The number of guanidine groups is 1. The van der Waals surface area contributed by atoms with Crippen molar-refractivity contribution in [3.63, 3.8) is 0 Å². The highest BCUT2D eigenvalue weighted by Gasteiger charge is 2.36. The molecular weight excluding hydrogens is 238 g/mol. The molecule has 0 spiro atoms. The Morgan fingerprint density at radius 3 is 2.84 bits per heavy atom. The lowest BCUT2D eigenvalue weighted by molar-refractivity contribution is -0.0629. The number of benzene rings is 1. The second-order valence-electron chi connectivity index (χ2n) is 5.12. The minimum atomic E-state index is -0.0719. The number of methoxy groups -OCH3 is 1. The van der Waals surface area contributed by atoms with Crippen LogP contribution >= 0.6 is 0 Å². The van der Waals surface area contributed by atoms with Crippen molar-refractivity contribution in [2.75, 3.05) is 19.0 Å². The van der Waals surface area contributed by atoms with Gasteiger partial charge in [0.25, 0.3) is 0 Å². The zero-order valence-corrected chi connectivity index (χ0v) is 11.8. The van der Waals surface area contributed by atoms with Gasteiger partial charge in [-0.3, -0.25) is 4.99 Å². The van der Waals surface area contributed by atoms with Gasteiger partial charge in [-0.25, -0.2) is 0 Å². The summed E-state index contributed by atoms with van der Waals surface area (Å²) in [6.07, 6.45) is 4.38. The van der Waals surface area contributed by atoms with Crippen LogP contribution in [0.5, 0.6) is 0 Å². The third kappa shape index (κ3) is 3.47. The molecule has 0 radical (unpaired) electrons. The molecular formula is C15H23N3O. The quantitative estimate of drug-likeness (QED) is 0.632. The van der Waals surface area contributed by atoms with Gasteiger partial charge in [-0.05, 0) is 43.4 Å². The minimum absolute atomic E-state index is 0.0719. The molecule has 0 atom stereocenters. The summed E-state index contributed by atoms with van der Waals surface area (Å²) < 4.78 is 5.52. The van der Waals surface area contributed by atoms with Crippen LogP contribution in [-0.2, 0) is 11.2 Å². The normalized spacial score (nSPS) is 17.9. The number of rotatable bonds is 5. The van der Waals surface area contributed by atoms with Gasteiger partial charge in [0, 0.05) is 12.8 Å². The van der Waals surface area contributed by atoms with Crippen LogP contribution in [-0.4, -0.2) is 25.2 Å². The van der Waals surface area contributed by atoms with Gasteiger partial charge in [0.2, 0.25) is 0 Å². The molecule has 0 heterocycles. The number of anilines is 1. The van der Waals surface area contributed by atoms with Crippen molar-refractivity contribution < 1.29 is 4.74 Å². The summed E-state index contributed by atoms with van der Waals surface area (Å²) in [4.78, 5) is 4.40. The van der Waals surface area contributed by atoms with Crippen LogP contribution in [0.3, 0.4) is 0 Å². The maximum Gasteiger partial charge on any atom is 0.193 e. The maximum absolute atomic E-state index is 5.92. The number of nitrogens with one attached hydrogen (secondary N) is 1. The summed E-state index contributed by atoms with van der Waals surface area (Å²) in [7, 11) is 1.75. The molecule has 3 N–H and O–H groups in total. The summed E-state index contributed by atoms with van der Waals surface area (Å²) in [5.74, 6) is 0.455. The lowest BCUT2D eigenvalue weighted by Gasteiger charge is -2.39. The molecule has 0 saturated heterocycles. The van der Waals surface area contributed by atoms with Crippen molar-refractivity contribution in [1.29, 1.82) is 0 Å². The first-order chi connectivity index (χ1) is 9.17. The van der Waals surface area contributed by atoms with Gasteiger partial charge in [0.05, 0.1) is 12.1 Å². The number of aryl methyl sites for hydroxylation is 1. The Hall–Kier alpha value is -1.55. The molecule has 0 amide bonds. The van der Waals surface area contributed by atoms with Crippen molar-refractivity contribution in [2.24, 2.45) is 10.7 Å². The van der Waals surface area contributed by atoms with Crippen molar-refractivity contribution in [3.8, 4) is 0 Å². The molecule has 1 aliphatic rings. The molecule has 1 aromatic rings. The van der Waals surface area contributed by atoms with Gasteiger partial charge < -0.3 is 15.8 Å². The average Bonchev–Trinajstić information content (AvgIpc) is 2.38. The van der Waals surface area contributed by atoms with Gasteiger partial charge in [-0.2, -0.15) is 0 Å². The Bertz CT molecular complexity index is 447. The monoisotopic (exact) mass is 261 g/mol. The van der Waals surface area contributed by atoms with E-state index in [0.717, 1.165) is 24.9 Å². The first-order valence-corrected chi connectivity index (χ1v) is 6.88. The van der Waals surface area contributed by atoms with E-state index in [4.69, 9.17) is 10.5 Å². The maximum atomic E-state index is 5.92. The van der Waals surface area contributed by atoms with Crippen molar-refractivity contribution in [1.82, 2.24) is 0 Å².